The van der Waals surface area contributed by atoms with Crippen LogP contribution in [0.3, 0.4) is 0 Å². The van der Waals surface area contributed by atoms with Crippen LogP contribution in [0.4, 0.5) is 0 Å². The van der Waals surface area contributed by atoms with Gasteiger partial charge in [-0.3, -0.25) is 9.69 Å². The molecule has 5 aliphatic rings. The Morgan fingerprint density at radius 2 is 1.93 bits per heavy atom. The summed E-state index contributed by atoms with van der Waals surface area (Å²) in [5, 5.41) is 0. The van der Waals surface area contributed by atoms with Crippen LogP contribution >= 0.6 is 0 Å². The largest absolute Gasteiger partial charge is 0.450 e. The minimum absolute atomic E-state index is 0.00663. The van der Waals surface area contributed by atoms with Gasteiger partial charge in [-0.25, -0.2) is 0 Å². The quantitative estimate of drug-likeness (QED) is 0.697. The van der Waals surface area contributed by atoms with Crippen molar-refractivity contribution in [1.29, 1.82) is 0 Å². The zero-order chi connectivity index (χ0) is 18.6. The average molecular weight is 370 g/mol. The molecule has 1 unspecified atom stereocenters. The highest BCUT2D eigenvalue weighted by Gasteiger charge is 2.70. The standard InChI is InChI=1S/C23H31NO3/c1-16-7-12-20-23(15-24(20)14-16)19-6-4-3-5-13-22(19,21(25)27-23)17-8-10-18(26-2)11-9-17/h3-6,13,16-18,20H,7-12,14-15H2,1-2H3/t16?,17?,18?,20-,22-,23+/m0/s1. The maximum atomic E-state index is 13.5. The van der Waals surface area contributed by atoms with Crippen molar-refractivity contribution in [2.45, 2.75) is 63.2 Å². The molecule has 0 aromatic rings. The summed E-state index contributed by atoms with van der Waals surface area (Å²) >= 11 is 0. The van der Waals surface area contributed by atoms with Crippen molar-refractivity contribution in [1.82, 2.24) is 4.90 Å². The van der Waals surface area contributed by atoms with E-state index in [2.05, 4.69) is 42.2 Å². The van der Waals surface area contributed by atoms with Gasteiger partial charge in [0.1, 0.15) is 5.41 Å². The Hall–Kier alpha value is -1.39. The van der Waals surface area contributed by atoms with Crippen molar-refractivity contribution in [2.24, 2.45) is 17.3 Å². The SMILES string of the molecule is COC1CCC([C@@]23C=CC=CC=C2[C@@]2(CN4CC(C)CC[C@H]42)OC3=O)CC1. The van der Waals surface area contributed by atoms with E-state index >= 15 is 0 Å². The zero-order valence-electron chi connectivity index (χ0n) is 16.5. The van der Waals surface area contributed by atoms with E-state index in [1.165, 1.54) is 12.0 Å². The maximum Gasteiger partial charge on any atom is 0.321 e. The van der Waals surface area contributed by atoms with Crippen molar-refractivity contribution >= 4 is 5.97 Å². The molecule has 4 atom stereocenters. The van der Waals surface area contributed by atoms with Gasteiger partial charge in [-0.2, -0.15) is 0 Å². The molecule has 0 aromatic heterocycles. The van der Waals surface area contributed by atoms with Gasteiger partial charge in [0.15, 0.2) is 5.60 Å². The molecular weight excluding hydrogens is 338 g/mol. The Kier molecular flexibility index (Phi) is 4.14. The number of carbonyl (C=O) groups is 1. The third kappa shape index (κ3) is 2.39. The fourth-order valence-electron chi connectivity index (χ4n) is 6.51. The molecule has 1 saturated carbocycles. The van der Waals surface area contributed by atoms with Crippen molar-refractivity contribution in [3.63, 3.8) is 0 Å². The van der Waals surface area contributed by atoms with Gasteiger partial charge in [0, 0.05) is 20.2 Å². The zero-order valence-corrected chi connectivity index (χ0v) is 16.5. The van der Waals surface area contributed by atoms with Crippen LogP contribution < -0.4 is 0 Å². The van der Waals surface area contributed by atoms with Crippen LogP contribution in [0.25, 0.3) is 0 Å². The minimum atomic E-state index is -0.572. The second-order valence-electron chi connectivity index (χ2n) is 9.31. The lowest BCUT2D eigenvalue weighted by Crippen LogP contribution is -2.72. The van der Waals surface area contributed by atoms with Gasteiger partial charge < -0.3 is 9.47 Å². The second-order valence-corrected chi connectivity index (χ2v) is 9.31. The molecule has 4 heteroatoms. The summed E-state index contributed by atoms with van der Waals surface area (Å²) in [5.41, 5.74) is 0.271. The minimum Gasteiger partial charge on any atom is -0.450 e. The highest BCUT2D eigenvalue weighted by molar-refractivity contribution is 5.89. The van der Waals surface area contributed by atoms with Gasteiger partial charge in [0.25, 0.3) is 0 Å². The van der Waals surface area contributed by atoms with Crippen LogP contribution in [0.15, 0.2) is 36.0 Å². The Balaban J connectivity index is 1.51. The molecule has 1 spiro atoms. The highest BCUT2D eigenvalue weighted by Crippen LogP contribution is 2.61. The summed E-state index contributed by atoms with van der Waals surface area (Å²) in [7, 11) is 1.80. The number of hydrogen-bond donors (Lipinski definition) is 0. The van der Waals surface area contributed by atoms with Gasteiger partial charge in [0.05, 0.1) is 12.1 Å². The van der Waals surface area contributed by atoms with Gasteiger partial charge >= 0.3 is 5.97 Å². The number of fused-ring (bicyclic) bond motifs is 4. The van der Waals surface area contributed by atoms with Crippen molar-refractivity contribution in [3.05, 3.63) is 36.0 Å². The monoisotopic (exact) mass is 369 g/mol. The number of esters is 1. The molecule has 0 radical (unpaired) electrons. The smallest absolute Gasteiger partial charge is 0.321 e. The summed E-state index contributed by atoms with van der Waals surface area (Å²) in [6.07, 6.45) is 17.4. The molecule has 0 aromatic carbocycles. The van der Waals surface area contributed by atoms with E-state index in [0.717, 1.165) is 51.1 Å². The summed E-state index contributed by atoms with van der Waals surface area (Å²) in [6, 6.07) is 0.362. The topological polar surface area (TPSA) is 38.8 Å². The molecule has 3 saturated heterocycles. The first-order valence-electron chi connectivity index (χ1n) is 10.7. The van der Waals surface area contributed by atoms with E-state index in [4.69, 9.17) is 9.47 Å². The fraction of sp³-hybridized carbons (Fsp3) is 0.696. The first kappa shape index (κ1) is 17.7. The third-order valence-electron chi connectivity index (χ3n) is 7.91. The first-order chi connectivity index (χ1) is 13.1. The van der Waals surface area contributed by atoms with Crippen LogP contribution in [0.5, 0.6) is 0 Å². The number of rotatable bonds is 2. The van der Waals surface area contributed by atoms with Crippen LogP contribution in [-0.4, -0.2) is 48.8 Å². The summed E-state index contributed by atoms with van der Waals surface area (Å²) in [4.78, 5) is 16.0. The van der Waals surface area contributed by atoms with Gasteiger partial charge in [-0.1, -0.05) is 37.3 Å². The number of nitrogens with zero attached hydrogens (tertiary/aromatic N) is 1. The Labute approximate surface area is 162 Å². The van der Waals surface area contributed by atoms with E-state index in [1.54, 1.807) is 7.11 Å². The molecule has 0 amide bonds. The molecule has 0 N–H and O–H groups in total. The molecule has 3 heterocycles. The lowest BCUT2D eigenvalue weighted by atomic mass is 9.59. The number of methoxy groups -OCH3 is 1. The van der Waals surface area contributed by atoms with Gasteiger partial charge in [0.2, 0.25) is 0 Å². The van der Waals surface area contributed by atoms with Crippen LogP contribution in [0.2, 0.25) is 0 Å². The predicted octanol–water partition coefficient (Wildman–Crippen LogP) is 3.64. The van der Waals surface area contributed by atoms with E-state index in [-0.39, 0.29) is 5.97 Å². The van der Waals surface area contributed by atoms with E-state index in [1.807, 2.05) is 0 Å². The first-order valence-corrected chi connectivity index (χ1v) is 10.7. The lowest BCUT2D eigenvalue weighted by molar-refractivity contribution is -0.184. The normalized spacial score (nSPS) is 46.3. The molecule has 2 aliphatic carbocycles. The average Bonchev–Trinajstić information content (AvgIpc) is 2.81. The molecule has 3 aliphatic heterocycles. The molecule has 0 bridgehead atoms. The second kappa shape index (κ2) is 6.31. The highest BCUT2D eigenvalue weighted by atomic mass is 16.6. The Morgan fingerprint density at radius 3 is 2.67 bits per heavy atom. The number of ether oxygens (including phenoxy) is 2. The Morgan fingerprint density at radius 1 is 1.11 bits per heavy atom. The molecule has 4 fully saturated rings. The van der Waals surface area contributed by atoms with Crippen LogP contribution in [0.1, 0.15) is 45.4 Å². The van der Waals surface area contributed by atoms with Crippen LogP contribution in [0, 0.1) is 17.3 Å². The summed E-state index contributed by atoms with van der Waals surface area (Å²) < 4.78 is 11.9. The number of carbonyl (C=O) groups excluding carboxylic acids is 1. The van der Waals surface area contributed by atoms with Gasteiger partial charge in [-0.15, -0.1) is 0 Å². The van der Waals surface area contributed by atoms with Crippen LogP contribution in [-0.2, 0) is 14.3 Å². The van der Waals surface area contributed by atoms with Crippen molar-refractivity contribution in [2.75, 3.05) is 20.2 Å². The van der Waals surface area contributed by atoms with Gasteiger partial charge in [-0.05, 0) is 55.9 Å². The Bertz CT molecular complexity index is 717. The number of allylic oxidation sites excluding steroid dienone is 4. The van der Waals surface area contributed by atoms with E-state index in [9.17, 15) is 4.79 Å². The molecular formula is C23H31NO3. The summed E-state index contributed by atoms with van der Waals surface area (Å²) in [5.74, 6) is 1.05. The van der Waals surface area contributed by atoms with E-state index in [0.29, 0.717) is 18.1 Å². The molecule has 4 nitrogen and oxygen atoms in total. The summed E-state index contributed by atoms with van der Waals surface area (Å²) in [6.45, 7) is 4.34. The predicted molar refractivity (Wildman–Crippen MR) is 104 cm³/mol. The molecule has 146 valence electrons. The maximum absolute atomic E-state index is 13.5. The molecule has 27 heavy (non-hydrogen) atoms. The number of piperidine rings is 1. The van der Waals surface area contributed by atoms with E-state index < -0.39 is 11.0 Å². The van der Waals surface area contributed by atoms with Crippen molar-refractivity contribution < 1.29 is 14.3 Å². The number of hydrogen-bond acceptors (Lipinski definition) is 4. The lowest BCUT2D eigenvalue weighted by Gasteiger charge is -2.58. The molecule has 5 rings (SSSR count). The fourth-order valence-corrected chi connectivity index (χ4v) is 6.51. The van der Waals surface area contributed by atoms with Crippen molar-refractivity contribution in [3.8, 4) is 0 Å². The third-order valence-corrected chi connectivity index (χ3v) is 7.91.